The highest BCUT2D eigenvalue weighted by Gasteiger charge is 2.36. The number of nitrogens with zero attached hydrogens (tertiary/aromatic N) is 2. The summed E-state index contributed by atoms with van der Waals surface area (Å²) in [7, 11) is 0. The van der Waals surface area contributed by atoms with Crippen molar-refractivity contribution in [1.29, 1.82) is 0 Å². The second kappa shape index (κ2) is 11.3. The van der Waals surface area contributed by atoms with Gasteiger partial charge in [0.1, 0.15) is 5.71 Å². The van der Waals surface area contributed by atoms with Crippen LogP contribution >= 0.6 is 0 Å². The molecule has 2 aromatic rings. The maximum atomic E-state index is 14.2. The zero-order chi connectivity index (χ0) is 25.8. The third kappa shape index (κ3) is 6.80. The lowest BCUT2D eigenvalue weighted by Gasteiger charge is -2.19. The van der Waals surface area contributed by atoms with Crippen LogP contribution in [-0.2, 0) is 0 Å². The maximum Gasteiger partial charge on any atom is 0.429 e. The Kier molecular flexibility index (Phi) is 9.27. The van der Waals surface area contributed by atoms with Crippen LogP contribution in [0.4, 0.5) is 24.5 Å². The summed E-state index contributed by atoms with van der Waals surface area (Å²) in [5, 5.41) is 0. The molecule has 0 heterocycles. The summed E-state index contributed by atoms with van der Waals surface area (Å²) in [6.45, 7) is 17.9. The molecule has 0 aliphatic carbocycles. The highest BCUT2D eigenvalue weighted by atomic mass is 19.4. The van der Waals surface area contributed by atoms with Crippen molar-refractivity contribution in [3.8, 4) is 0 Å². The summed E-state index contributed by atoms with van der Waals surface area (Å²) in [6, 6.07) is 11.7. The van der Waals surface area contributed by atoms with Gasteiger partial charge in [0.25, 0.3) is 0 Å². The number of hydrogen-bond acceptors (Lipinski definition) is 2. The SMILES string of the molecule is C/C(C/C(=N\c1c(C(C)C)cccc1C(C)C)C(F)(F)F)=N\c1c(C(C)C)cccc1C(C)C. The third-order valence-electron chi connectivity index (χ3n) is 5.98. The van der Waals surface area contributed by atoms with Gasteiger partial charge >= 0.3 is 6.18 Å². The average Bonchev–Trinajstić information content (AvgIpc) is 2.72. The van der Waals surface area contributed by atoms with Crippen LogP contribution in [0.25, 0.3) is 0 Å². The van der Waals surface area contributed by atoms with Crippen molar-refractivity contribution in [2.45, 2.75) is 98.6 Å². The zero-order valence-electron chi connectivity index (χ0n) is 22.0. The van der Waals surface area contributed by atoms with Gasteiger partial charge in [-0.25, -0.2) is 4.99 Å². The molecule has 34 heavy (non-hydrogen) atoms. The topological polar surface area (TPSA) is 24.7 Å². The van der Waals surface area contributed by atoms with Crippen molar-refractivity contribution in [3.05, 3.63) is 58.7 Å². The zero-order valence-corrected chi connectivity index (χ0v) is 22.0. The van der Waals surface area contributed by atoms with E-state index in [0.29, 0.717) is 11.4 Å². The summed E-state index contributed by atoms with van der Waals surface area (Å²) >= 11 is 0. The first-order valence-electron chi connectivity index (χ1n) is 12.2. The van der Waals surface area contributed by atoms with Crippen molar-refractivity contribution in [2.24, 2.45) is 9.98 Å². The van der Waals surface area contributed by atoms with Gasteiger partial charge in [-0.3, -0.25) is 4.99 Å². The van der Waals surface area contributed by atoms with Gasteiger partial charge in [0.05, 0.1) is 11.4 Å². The van der Waals surface area contributed by atoms with Crippen molar-refractivity contribution in [2.75, 3.05) is 0 Å². The lowest BCUT2D eigenvalue weighted by molar-refractivity contribution is -0.0597. The number of benzene rings is 2. The molecule has 2 rings (SSSR count). The van der Waals surface area contributed by atoms with E-state index in [9.17, 15) is 13.2 Å². The fourth-order valence-corrected chi connectivity index (χ4v) is 4.09. The molecule has 0 saturated heterocycles. The number of para-hydroxylation sites is 2. The number of halogens is 3. The van der Waals surface area contributed by atoms with Crippen LogP contribution in [0.5, 0.6) is 0 Å². The van der Waals surface area contributed by atoms with Gasteiger partial charge in [-0.15, -0.1) is 0 Å². The lowest BCUT2D eigenvalue weighted by atomic mass is 9.92. The number of aliphatic imine (C=N–C) groups is 2. The average molecular weight is 473 g/mol. The fraction of sp³-hybridized carbons (Fsp3) is 0.517. The summed E-state index contributed by atoms with van der Waals surface area (Å²) in [5.74, 6) is 0.557. The Morgan fingerprint density at radius 2 is 0.971 bits per heavy atom. The molecule has 5 heteroatoms. The standard InChI is InChI=1S/C29H39F3N2/c1-17(2)22-12-10-13-23(18(3)4)27(22)33-21(9)16-26(29(30,31)32)34-28-24(19(5)6)14-11-15-25(28)20(7)8/h10-15,17-20H,16H2,1-9H3/b33-21+,34-26+. The Morgan fingerprint density at radius 1 is 0.647 bits per heavy atom. The van der Waals surface area contributed by atoms with E-state index in [2.05, 4.69) is 32.7 Å². The van der Waals surface area contributed by atoms with Crippen LogP contribution in [0.15, 0.2) is 46.4 Å². The van der Waals surface area contributed by atoms with Crippen LogP contribution in [0.3, 0.4) is 0 Å². The van der Waals surface area contributed by atoms with Gasteiger partial charge in [0, 0.05) is 12.1 Å². The van der Waals surface area contributed by atoms with Gasteiger partial charge in [-0.2, -0.15) is 13.2 Å². The molecular formula is C29H39F3N2. The van der Waals surface area contributed by atoms with Crippen molar-refractivity contribution >= 4 is 22.8 Å². The second-order valence-corrected chi connectivity index (χ2v) is 10.3. The molecule has 0 amide bonds. The number of hydrogen-bond donors (Lipinski definition) is 0. The fourth-order valence-electron chi connectivity index (χ4n) is 4.09. The van der Waals surface area contributed by atoms with E-state index >= 15 is 0 Å². The molecule has 0 N–H and O–H groups in total. The summed E-state index contributed by atoms with van der Waals surface area (Å²) in [5.41, 5.74) is 4.57. The molecular weight excluding hydrogens is 433 g/mol. The Labute approximate surface area is 203 Å². The predicted octanol–water partition coefficient (Wildman–Crippen LogP) is 10.00. The molecule has 0 atom stereocenters. The van der Waals surface area contributed by atoms with E-state index in [1.165, 1.54) is 0 Å². The Balaban J connectivity index is 2.65. The second-order valence-electron chi connectivity index (χ2n) is 10.3. The Morgan fingerprint density at radius 3 is 1.26 bits per heavy atom. The van der Waals surface area contributed by atoms with Crippen molar-refractivity contribution < 1.29 is 13.2 Å². The third-order valence-corrected chi connectivity index (χ3v) is 5.98. The molecule has 0 spiro atoms. The number of alkyl halides is 3. The van der Waals surface area contributed by atoms with Gasteiger partial charge in [-0.1, -0.05) is 91.8 Å². The minimum absolute atomic E-state index is 0.0632. The molecule has 186 valence electrons. The minimum atomic E-state index is -4.55. The van der Waals surface area contributed by atoms with E-state index < -0.39 is 11.9 Å². The first-order valence-corrected chi connectivity index (χ1v) is 12.2. The summed E-state index contributed by atoms with van der Waals surface area (Å²) < 4.78 is 42.6. The molecule has 0 fully saturated rings. The molecule has 2 aromatic carbocycles. The molecule has 0 aliphatic heterocycles. The predicted molar refractivity (Wildman–Crippen MR) is 140 cm³/mol. The molecule has 0 bridgehead atoms. The molecule has 0 radical (unpaired) electrons. The normalized spacial score (nSPS) is 13.6. The van der Waals surface area contributed by atoms with Crippen LogP contribution in [-0.4, -0.2) is 17.6 Å². The van der Waals surface area contributed by atoms with E-state index in [-0.39, 0.29) is 30.1 Å². The maximum absolute atomic E-state index is 14.2. The largest absolute Gasteiger partial charge is 0.429 e. The minimum Gasteiger partial charge on any atom is -0.257 e. The van der Waals surface area contributed by atoms with Crippen LogP contribution in [0.1, 0.15) is 115 Å². The van der Waals surface area contributed by atoms with Crippen LogP contribution in [0.2, 0.25) is 0 Å². The number of rotatable bonds is 8. The van der Waals surface area contributed by atoms with Crippen LogP contribution in [0, 0.1) is 0 Å². The van der Waals surface area contributed by atoms with Gasteiger partial charge in [-0.05, 0) is 52.8 Å². The van der Waals surface area contributed by atoms with Crippen molar-refractivity contribution in [3.63, 3.8) is 0 Å². The highest BCUT2D eigenvalue weighted by Crippen LogP contribution is 2.38. The van der Waals surface area contributed by atoms with Gasteiger partial charge < -0.3 is 0 Å². The quantitative estimate of drug-likeness (QED) is 0.341. The monoisotopic (exact) mass is 472 g/mol. The van der Waals surface area contributed by atoms with Crippen LogP contribution < -0.4 is 0 Å². The Hall–Kier alpha value is -2.43. The van der Waals surface area contributed by atoms with Gasteiger partial charge in [0.2, 0.25) is 0 Å². The molecule has 2 nitrogen and oxygen atoms in total. The van der Waals surface area contributed by atoms with E-state index in [1.807, 2.05) is 64.1 Å². The first kappa shape index (κ1) is 27.8. The summed E-state index contributed by atoms with van der Waals surface area (Å²) in [6.07, 6.45) is -4.90. The van der Waals surface area contributed by atoms with E-state index in [0.717, 1.165) is 27.9 Å². The molecule has 0 unspecified atom stereocenters. The summed E-state index contributed by atoms with van der Waals surface area (Å²) in [4.78, 5) is 9.03. The smallest absolute Gasteiger partial charge is 0.257 e. The van der Waals surface area contributed by atoms with Crippen molar-refractivity contribution in [1.82, 2.24) is 0 Å². The van der Waals surface area contributed by atoms with E-state index in [1.54, 1.807) is 6.92 Å². The van der Waals surface area contributed by atoms with Gasteiger partial charge in [0.15, 0.2) is 0 Å². The lowest BCUT2D eigenvalue weighted by Crippen LogP contribution is -2.25. The highest BCUT2D eigenvalue weighted by molar-refractivity contribution is 6.07. The van der Waals surface area contributed by atoms with E-state index in [4.69, 9.17) is 4.99 Å². The first-order chi connectivity index (χ1) is 15.7. The molecule has 0 aliphatic rings. The molecule has 0 aromatic heterocycles. The molecule has 0 saturated carbocycles. The Bertz CT molecular complexity index is 989.